The normalized spacial score (nSPS) is 16.3. The lowest BCUT2D eigenvalue weighted by atomic mass is 9.86. The van der Waals surface area contributed by atoms with E-state index in [1.54, 1.807) is 0 Å². The summed E-state index contributed by atoms with van der Waals surface area (Å²) in [6.45, 7) is 15.0. The third-order valence-corrected chi connectivity index (χ3v) is 3.13. The van der Waals surface area contributed by atoms with Gasteiger partial charge in [0.05, 0.1) is 0 Å². The monoisotopic (exact) mass is 199 g/mol. The molecule has 0 fully saturated rings. The molecule has 2 atom stereocenters. The van der Waals surface area contributed by atoms with Gasteiger partial charge in [-0.25, -0.2) is 0 Å². The van der Waals surface area contributed by atoms with Gasteiger partial charge in [0.15, 0.2) is 0 Å². The maximum atomic E-state index is 3.56. The minimum Gasteiger partial charge on any atom is -0.314 e. The molecular weight excluding hydrogens is 170 g/mol. The first-order valence-electron chi connectivity index (χ1n) is 6.20. The molecule has 0 heterocycles. The van der Waals surface area contributed by atoms with E-state index < -0.39 is 0 Å². The SMILES string of the molecule is CCC(C)CC(CNC(C)C)C(C)C. The van der Waals surface area contributed by atoms with E-state index in [1.807, 2.05) is 0 Å². The number of nitrogens with one attached hydrogen (secondary N) is 1. The van der Waals surface area contributed by atoms with Crippen LogP contribution in [0.2, 0.25) is 0 Å². The quantitative estimate of drug-likeness (QED) is 0.659. The second-order valence-corrected chi connectivity index (χ2v) is 5.32. The summed E-state index contributed by atoms with van der Waals surface area (Å²) in [6.07, 6.45) is 2.68. The number of hydrogen-bond acceptors (Lipinski definition) is 1. The zero-order valence-corrected chi connectivity index (χ0v) is 10.9. The molecule has 2 unspecified atom stereocenters. The van der Waals surface area contributed by atoms with Crippen LogP contribution in [0.3, 0.4) is 0 Å². The topological polar surface area (TPSA) is 12.0 Å². The summed E-state index contributed by atoms with van der Waals surface area (Å²) in [5.74, 6) is 2.51. The van der Waals surface area contributed by atoms with Crippen molar-refractivity contribution in [2.75, 3.05) is 6.54 Å². The van der Waals surface area contributed by atoms with Crippen molar-refractivity contribution in [3.63, 3.8) is 0 Å². The van der Waals surface area contributed by atoms with Crippen LogP contribution >= 0.6 is 0 Å². The van der Waals surface area contributed by atoms with Crippen molar-refractivity contribution in [2.45, 2.75) is 60.4 Å². The van der Waals surface area contributed by atoms with Crippen LogP contribution in [0.15, 0.2) is 0 Å². The molecule has 86 valence electrons. The molecule has 0 spiro atoms. The predicted molar refractivity (Wildman–Crippen MR) is 65.5 cm³/mol. The molecule has 0 rings (SSSR count). The summed E-state index contributed by atoms with van der Waals surface area (Å²) in [4.78, 5) is 0. The Morgan fingerprint density at radius 1 is 1.00 bits per heavy atom. The van der Waals surface area contributed by atoms with E-state index in [-0.39, 0.29) is 0 Å². The van der Waals surface area contributed by atoms with Crippen LogP contribution in [0.4, 0.5) is 0 Å². The predicted octanol–water partition coefficient (Wildman–Crippen LogP) is 3.69. The molecule has 0 aliphatic carbocycles. The van der Waals surface area contributed by atoms with E-state index in [4.69, 9.17) is 0 Å². The largest absolute Gasteiger partial charge is 0.314 e. The van der Waals surface area contributed by atoms with E-state index in [0.29, 0.717) is 6.04 Å². The Hall–Kier alpha value is -0.0400. The fraction of sp³-hybridized carbons (Fsp3) is 1.00. The van der Waals surface area contributed by atoms with Crippen LogP contribution in [0, 0.1) is 17.8 Å². The Kier molecular flexibility index (Phi) is 7.26. The van der Waals surface area contributed by atoms with E-state index in [1.165, 1.54) is 19.4 Å². The summed E-state index contributed by atoms with van der Waals surface area (Å²) in [7, 11) is 0. The van der Waals surface area contributed by atoms with E-state index >= 15 is 0 Å². The second-order valence-electron chi connectivity index (χ2n) is 5.32. The molecule has 0 aliphatic heterocycles. The molecule has 1 N–H and O–H groups in total. The van der Waals surface area contributed by atoms with Gasteiger partial charge in [-0.3, -0.25) is 0 Å². The Morgan fingerprint density at radius 2 is 1.57 bits per heavy atom. The van der Waals surface area contributed by atoms with Gasteiger partial charge in [-0.05, 0) is 30.7 Å². The van der Waals surface area contributed by atoms with Crippen LogP contribution in [-0.4, -0.2) is 12.6 Å². The van der Waals surface area contributed by atoms with Crippen LogP contribution in [0.5, 0.6) is 0 Å². The summed E-state index contributed by atoms with van der Waals surface area (Å²) in [6, 6.07) is 0.619. The lowest BCUT2D eigenvalue weighted by Gasteiger charge is -2.25. The Morgan fingerprint density at radius 3 is 1.93 bits per heavy atom. The average molecular weight is 199 g/mol. The van der Waals surface area contributed by atoms with Crippen molar-refractivity contribution in [3.05, 3.63) is 0 Å². The van der Waals surface area contributed by atoms with Gasteiger partial charge in [-0.1, -0.05) is 48.0 Å². The van der Waals surface area contributed by atoms with Crippen molar-refractivity contribution in [2.24, 2.45) is 17.8 Å². The fourth-order valence-corrected chi connectivity index (χ4v) is 1.66. The molecule has 0 amide bonds. The zero-order chi connectivity index (χ0) is 11.1. The van der Waals surface area contributed by atoms with Gasteiger partial charge in [-0.15, -0.1) is 0 Å². The lowest BCUT2D eigenvalue weighted by molar-refractivity contribution is 0.285. The Labute approximate surface area is 90.7 Å². The maximum Gasteiger partial charge on any atom is 0.00104 e. The van der Waals surface area contributed by atoms with Crippen LogP contribution in [0.25, 0.3) is 0 Å². The number of rotatable bonds is 7. The smallest absolute Gasteiger partial charge is 0.00104 e. The minimum absolute atomic E-state index is 0.619. The molecule has 0 bridgehead atoms. The van der Waals surface area contributed by atoms with Crippen molar-refractivity contribution in [1.82, 2.24) is 5.32 Å². The van der Waals surface area contributed by atoms with Gasteiger partial charge < -0.3 is 5.32 Å². The van der Waals surface area contributed by atoms with Crippen LogP contribution in [0.1, 0.15) is 54.4 Å². The fourth-order valence-electron chi connectivity index (χ4n) is 1.66. The first-order valence-corrected chi connectivity index (χ1v) is 6.20. The standard InChI is InChI=1S/C13H29N/c1-7-12(6)8-13(10(2)3)9-14-11(4)5/h10-14H,7-9H2,1-6H3. The van der Waals surface area contributed by atoms with Crippen molar-refractivity contribution < 1.29 is 0 Å². The van der Waals surface area contributed by atoms with Crippen molar-refractivity contribution in [1.29, 1.82) is 0 Å². The van der Waals surface area contributed by atoms with Crippen molar-refractivity contribution >= 4 is 0 Å². The molecule has 0 aromatic heterocycles. The van der Waals surface area contributed by atoms with Crippen molar-refractivity contribution in [3.8, 4) is 0 Å². The molecule has 0 aromatic carbocycles. The highest BCUT2D eigenvalue weighted by molar-refractivity contribution is 4.70. The Bertz CT molecular complexity index is 129. The van der Waals surface area contributed by atoms with Gasteiger partial charge in [-0.2, -0.15) is 0 Å². The highest BCUT2D eigenvalue weighted by atomic mass is 14.9. The zero-order valence-electron chi connectivity index (χ0n) is 10.9. The molecule has 0 radical (unpaired) electrons. The van der Waals surface area contributed by atoms with E-state index in [2.05, 4.69) is 46.9 Å². The van der Waals surface area contributed by atoms with Gasteiger partial charge in [0.25, 0.3) is 0 Å². The number of hydrogen-bond donors (Lipinski definition) is 1. The molecule has 0 saturated carbocycles. The first-order chi connectivity index (χ1) is 6.47. The van der Waals surface area contributed by atoms with Crippen LogP contribution < -0.4 is 5.32 Å². The molecule has 1 nitrogen and oxygen atoms in total. The summed E-state index contributed by atoms with van der Waals surface area (Å²) in [5, 5.41) is 3.56. The third-order valence-electron chi connectivity index (χ3n) is 3.13. The molecule has 14 heavy (non-hydrogen) atoms. The van der Waals surface area contributed by atoms with Gasteiger partial charge in [0.1, 0.15) is 0 Å². The lowest BCUT2D eigenvalue weighted by Crippen LogP contribution is -2.32. The molecule has 0 aromatic rings. The third kappa shape index (κ3) is 6.42. The highest BCUT2D eigenvalue weighted by Crippen LogP contribution is 2.21. The molecular formula is C13H29N. The Balaban J connectivity index is 3.90. The minimum atomic E-state index is 0.619. The highest BCUT2D eigenvalue weighted by Gasteiger charge is 2.15. The average Bonchev–Trinajstić information content (AvgIpc) is 2.10. The van der Waals surface area contributed by atoms with Crippen LogP contribution in [-0.2, 0) is 0 Å². The van der Waals surface area contributed by atoms with Gasteiger partial charge in [0.2, 0.25) is 0 Å². The van der Waals surface area contributed by atoms with E-state index in [0.717, 1.165) is 17.8 Å². The first kappa shape index (κ1) is 14.0. The molecule has 0 saturated heterocycles. The molecule has 1 heteroatoms. The second kappa shape index (κ2) is 7.28. The molecule has 0 aliphatic rings. The maximum absolute atomic E-state index is 3.56. The van der Waals surface area contributed by atoms with Gasteiger partial charge in [0, 0.05) is 6.04 Å². The summed E-state index contributed by atoms with van der Waals surface area (Å²) in [5.41, 5.74) is 0. The van der Waals surface area contributed by atoms with E-state index in [9.17, 15) is 0 Å². The summed E-state index contributed by atoms with van der Waals surface area (Å²) < 4.78 is 0. The summed E-state index contributed by atoms with van der Waals surface area (Å²) >= 11 is 0. The van der Waals surface area contributed by atoms with Gasteiger partial charge >= 0.3 is 0 Å².